The van der Waals surface area contributed by atoms with Crippen LogP contribution in [0.15, 0.2) is 47.6 Å². The van der Waals surface area contributed by atoms with Gasteiger partial charge in [0.25, 0.3) is 0 Å². The largest absolute Gasteiger partial charge is 0.497 e. The molecule has 1 unspecified atom stereocenters. The second kappa shape index (κ2) is 9.75. The van der Waals surface area contributed by atoms with Gasteiger partial charge >= 0.3 is 0 Å². The van der Waals surface area contributed by atoms with Crippen LogP contribution in [0.1, 0.15) is 19.5 Å². The second-order valence-electron chi connectivity index (χ2n) is 6.27. The van der Waals surface area contributed by atoms with Crippen LogP contribution in [0.5, 0.6) is 11.5 Å². The van der Waals surface area contributed by atoms with Crippen molar-refractivity contribution in [3.05, 3.63) is 48.3 Å². The van der Waals surface area contributed by atoms with Crippen LogP contribution in [-0.2, 0) is 13.6 Å². The molecule has 0 bridgehead atoms. The molecule has 2 rings (SSSR count). The van der Waals surface area contributed by atoms with E-state index in [-0.39, 0.29) is 6.10 Å². The number of rotatable bonds is 8. The summed E-state index contributed by atoms with van der Waals surface area (Å²) < 4.78 is 13.2. The summed E-state index contributed by atoms with van der Waals surface area (Å²) in [4.78, 5) is 6.85. The number of aliphatic imine (C=N–C) groups is 1. The van der Waals surface area contributed by atoms with Gasteiger partial charge in [0.05, 0.1) is 20.2 Å². The molecule has 0 fully saturated rings. The van der Waals surface area contributed by atoms with Gasteiger partial charge in [-0.15, -0.1) is 0 Å². The third-order valence-corrected chi connectivity index (χ3v) is 4.04. The van der Waals surface area contributed by atoms with Crippen LogP contribution in [0.2, 0.25) is 0 Å². The van der Waals surface area contributed by atoms with E-state index in [0.29, 0.717) is 6.54 Å². The number of ether oxygens (including phenoxy) is 2. The molecule has 1 N–H and O–H groups in total. The highest BCUT2D eigenvalue weighted by Crippen LogP contribution is 2.18. The highest BCUT2D eigenvalue weighted by Gasteiger charge is 2.10. The van der Waals surface area contributed by atoms with Crippen LogP contribution in [0.3, 0.4) is 0 Å². The van der Waals surface area contributed by atoms with Gasteiger partial charge in [0.1, 0.15) is 17.6 Å². The zero-order valence-electron chi connectivity index (χ0n) is 16.4. The van der Waals surface area contributed by atoms with Crippen LogP contribution >= 0.6 is 0 Å². The van der Waals surface area contributed by atoms with Crippen molar-refractivity contribution in [2.45, 2.75) is 26.5 Å². The second-order valence-corrected chi connectivity index (χ2v) is 6.27. The van der Waals surface area contributed by atoms with Crippen molar-refractivity contribution >= 4 is 5.96 Å². The van der Waals surface area contributed by atoms with Crippen LogP contribution in [0, 0.1) is 0 Å². The molecule has 0 radical (unpaired) electrons. The third kappa shape index (κ3) is 5.72. The number of benzene rings is 1. The molecule has 0 saturated carbocycles. The Hall–Kier alpha value is -2.63. The molecule has 1 heterocycles. The average molecular weight is 358 g/mol. The number of aromatic nitrogens is 1. The normalized spacial score (nSPS) is 12.6. The summed E-state index contributed by atoms with van der Waals surface area (Å²) in [6, 6.07) is 11.8. The summed E-state index contributed by atoms with van der Waals surface area (Å²) in [7, 11) is 5.75. The molecule has 26 heavy (non-hydrogen) atoms. The summed E-state index contributed by atoms with van der Waals surface area (Å²) in [5, 5.41) is 3.34. The Bertz CT molecular complexity index is 694. The standard InChI is InChI=1S/C20H30N4O2/c1-6-21-20(24(4)15-17-8-7-13-23(17)3)22-14-16(2)26-19-11-9-18(25-5)10-12-19/h7-13,16H,6,14-15H2,1-5H3,(H,21,22). The molecule has 6 heteroatoms. The zero-order chi connectivity index (χ0) is 18.9. The summed E-state index contributed by atoms with van der Waals surface area (Å²) in [6.07, 6.45) is 2.03. The maximum absolute atomic E-state index is 5.93. The molecule has 2 aromatic rings. The van der Waals surface area contributed by atoms with E-state index < -0.39 is 0 Å². The molecule has 0 aliphatic heterocycles. The Morgan fingerprint density at radius 3 is 2.50 bits per heavy atom. The predicted molar refractivity (Wildman–Crippen MR) is 106 cm³/mol. The van der Waals surface area contributed by atoms with Gasteiger partial charge < -0.3 is 24.3 Å². The number of nitrogens with zero attached hydrogens (tertiary/aromatic N) is 3. The minimum Gasteiger partial charge on any atom is -0.497 e. The summed E-state index contributed by atoms with van der Waals surface area (Å²) in [5.74, 6) is 2.51. The Balaban J connectivity index is 1.94. The number of hydrogen-bond donors (Lipinski definition) is 1. The first-order valence-corrected chi connectivity index (χ1v) is 8.93. The molecule has 0 aliphatic carbocycles. The molecule has 1 aromatic carbocycles. The van der Waals surface area contributed by atoms with Crippen molar-refractivity contribution in [2.75, 3.05) is 27.2 Å². The Morgan fingerprint density at radius 2 is 1.92 bits per heavy atom. The van der Waals surface area contributed by atoms with Gasteiger partial charge in [-0.25, -0.2) is 4.99 Å². The molecular formula is C20H30N4O2. The molecule has 1 atom stereocenters. The smallest absolute Gasteiger partial charge is 0.194 e. The summed E-state index contributed by atoms with van der Waals surface area (Å²) in [5.41, 5.74) is 1.24. The van der Waals surface area contributed by atoms with Gasteiger partial charge in [-0.3, -0.25) is 0 Å². The SMILES string of the molecule is CCNC(=NCC(C)Oc1ccc(OC)cc1)N(C)Cc1cccn1C. The Kier molecular flexibility index (Phi) is 7.38. The lowest BCUT2D eigenvalue weighted by atomic mass is 10.3. The van der Waals surface area contributed by atoms with E-state index >= 15 is 0 Å². The van der Waals surface area contributed by atoms with E-state index in [0.717, 1.165) is 30.5 Å². The Labute approximate surface area is 156 Å². The van der Waals surface area contributed by atoms with Crippen molar-refractivity contribution in [1.29, 1.82) is 0 Å². The molecule has 1 aromatic heterocycles. The molecule has 0 amide bonds. The third-order valence-electron chi connectivity index (χ3n) is 4.04. The zero-order valence-corrected chi connectivity index (χ0v) is 16.4. The van der Waals surface area contributed by atoms with Crippen molar-refractivity contribution in [2.24, 2.45) is 12.0 Å². The lowest BCUT2D eigenvalue weighted by Crippen LogP contribution is -2.39. The van der Waals surface area contributed by atoms with Gasteiger partial charge in [0.2, 0.25) is 0 Å². The first-order chi connectivity index (χ1) is 12.5. The van der Waals surface area contributed by atoms with Crippen molar-refractivity contribution in [1.82, 2.24) is 14.8 Å². The average Bonchev–Trinajstić information content (AvgIpc) is 3.04. The van der Waals surface area contributed by atoms with Crippen LogP contribution < -0.4 is 14.8 Å². The molecule has 0 spiro atoms. The summed E-state index contributed by atoms with van der Waals surface area (Å²) in [6.45, 7) is 6.29. The van der Waals surface area contributed by atoms with E-state index in [2.05, 4.69) is 47.1 Å². The van der Waals surface area contributed by atoms with Gasteiger partial charge in [-0.2, -0.15) is 0 Å². The lowest BCUT2D eigenvalue weighted by molar-refractivity contribution is 0.229. The van der Waals surface area contributed by atoms with Crippen LogP contribution in [-0.4, -0.2) is 48.8 Å². The molecule has 0 saturated heterocycles. The van der Waals surface area contributed by atoms with Gasteiger partial charge in [0.15, 0.2) is 5.96 Å². The number of methoxy groups -OCH3 is 1. The van der Waals surface area contributed by atoms with Crippen LogP contribution in [0.4, 0.5) is 0 Å². The first kappa shape index (κ1) is 19.7. The van der Waals surface area contributed by atoms with Crippen molar-refractivity contribution < 1.29 is 9.47 Å². The topological polar surface area (TPSA) is 51.0 Å². The molecule has 0 aliphatic rings. The number of hydrogen-bond acceptors (Lipinski definition) is 3. The van der Waals surface area contributed by atoms with Gasteiger partial charge in [-0.05, 0) is 50.2 Å². The highest BCUT2D eigenvalue weighted by molar-refractivity contribution is 5.79. The fourth-order valence-electron chi connectivity index (χ4n) is 2.59. The summed E-state index contributed by atoms with van der Waals surface area (Å²) >= 11 is 0. The van der Waals surface area contributed by atoms with Gasteiger partial charge in [0, 0.05) is 32.5 Å². The molecule has 142 valence electrons. The minimum absolute atomic E-state index is 0.0273. The van der Waals surface area contributed by atoms with Gasteiger partial charge in [-0.1, -0.05) is 0 Å². The van der Waals surface area contributed by atoms with E-state index in [1.807, 2.05) is 38.2 Å². The van der Waals surface area contributed by atoms with Crippen LogP contribution in [0.25, 0.3) is 0 Å². The maximum Gasteiger partial charge on any atom is 0.194 e. The van der Waals surface area contributed by atoms with Crippen molar-refractivity contribution in [3.8, 4) is 11.5 Å². The van der Waals surface area contributed by atoms with E-state index in [4.69, 9.17) is 14.5 Å². The fourth-order valence-corrected chi connectivity index (χ4v) is 2.59. The highest BCUT2D eigenvalue weighted by atomic mass is 16.5. The monoisotopic (exact) mass is 358 g/mol. The van der Waals surface area contributed by atoms with E-state index in [1.165, 1.54) is 5.69 Å². The number of guanidine groups is 1. The Morgan fingerprint density at radius 1 is 1.23 bits per heavy atom. The lowest BCUT2D eigenvalue weighted by Gasteiger charge is -2.23. The van der Waals surface area contributed by atoms with E-state index in [1.54, 1.807) is 7.11 Å². The molecule has 6 nitrogen and oxygen atoms in total. The number of aryl methyl sites for hydroxylation is 1. The first-order valence-electron chi connectivity index (χ1n) is 8.93. The number of nitrogens with one attached hydrogen (secondary N) is 1. The maximum atomic E-state index is 5.93. The quantitative estimate of drug-likeness (QED) is 0.582. The molecular weight excluding hydrogens is 328 g/mol. The van der Waals surface area contributed by atoms with E-state index in [9.17, 15) is 0 Å². The van der Waals surface area contributed by atoms with Crippen molar-refractivity contribution in [3.63, 3.8) is 0 Å². The fraction of sp³-hybridized carbons (Fsp3) is 0.450. The predicted octanol–water partition coefficient (Wildman–Crippen LogP) is 2.90. The minimum atomic E-state index is -0.0273.